The van der Waals surface area contributed by atoms with Crippen LogP contribution in [0, 0.1) is 0 Å². The number of nitrogens with zero attached hydrogens (tertiary/aromatic N) is 4. The van der Waals surface area contributed by atoms with Crippen LogP contribution in [0.5, 0.6) is 0 Å². The van der Waals surface area contributed by atoms with Crippen molar-refractivity contribution in [2.24, 2.45) is 0 Å². The summed E-state index contributed by atoms with van der Waals surface area (Å²) in [5.74, 6) is 1.79. The second-order valence-electron chi connectivity index (χ2n) is 7.92. The highest BCUT2D eigenvalue weighted by atomic mass is 79.9. The summed E-state index contributed by atoms with van der Waals surface area (Å²) in [5, 5.41) is 3.49. The number of hydrogen-bond donors (Lipinski definition) is 1. The quantitative estimate of drug-likeness (QED) is 0.681. The molecule has 5 rings (SSSR count). The number of halogens is 1. The Labute approximate surface area is 192 Å². The number of amides is 1. The fourth-order valence-corrected chi connectivity index (χ4v) is 5.77. The molecule has 1 atom stereocenters. The highest BCUT2D eigenvalue weighted by Gasteiger charge is 2.31. The van der Waals surface area contributed by atoms with Gasteiger partial charge in [-0.25, -0.2) is 4.98 Å². The maximum Gasteiger partial charge on any atom is 0.246 e. The largest absolute Gasteiger partial charge is 0.381 e. The van der Waals surface area contributed by atoms with Crippen LogP contribution in [0.1, 0.15) is 18.5 Å². The van der Waals surface area contributed by atoms with Crippen molar-refractivity contribution in [2.45, 2.75) is 30.2 Å². The van der Waals surface area contributed by atoms with Crippen LogP contribution in [0.15, 0.2) is 33.6 Å². The Bertz CT molecular complexity index is 1010. The highest BCUT2D eigenvalue weighted by molar-refractivity contribution is 9.10. The van der Waals surface area contributed by atoms with Crippen molar-refractivity contribution in [3.05, 3.63) is 34.4 Å². The van der Waals surface area contributed by atoms with E-state index in [0.29, 0.717) is 50.2 Å². The van der Waals surface area contributed by atoms with Gasteiger partial charge in [0.1, 0.15) is 17.3 Å². The Hall–Kier alpha value is -2.04. The number of aryl methyl sites for hydroxylation is 1. The standard InChI is InChI=1S/C21H24BrN5O3S/c22-14-1-3-16(4-2-14)27-9-8-26(13-18(27)28)21-24-17-7-12-31(29)19(17)20(25-21)23-15-5-10-30-11-6-15/h1-4,15H,5-13H2,(H,23,24,25). The van der Waals surface area contributed by atoms with Crippen molar-refractivity contribution < 1.29 is 13.7 Å². The number of carbonyl (C=O) groups excluding carboxylic acids is 1. The van der Waals surface area contributed by atoms with E-state index in [-0.39, 0.29) is 18.5 Å². The number of nitrogens with one attached hydrogen (secondary N) is 1. The van der Waals surface area contributed by atoms with Crippen LogP contribution in [0.25, 0.3) is 0 Å². The molecule has 0 aliphatic carbocycles. The van der Waals surface area contributed by atoms with Crippen molar-refractivity contribution in [2.75, 3.05) is 53.7 Å². The zero-order valence-electron chi connectivity index (χ0n) is 17.1. The SMILES string of the molecule is O=C1CN(c2nc3c(c(NC4CCOCC4)n2)S(=O)CC3)CCN1c1ccc(Br)cc1. The minimum atomic E-state index is -1.08. The number of piperazine rings is 1. The summed E-state index contributed by atoms with van der Waals surface area (Å²) in [6, 6.07) is 8.00. The van der Waals surface area contributed by atoms with E-state index in [0.717, 1.165) is 33.6 Å². The fourth-order valence-electron chi connectivity index (χ4n) is 4.20. The minimum absolute atomic E-state index is 0.0141. The Kier molecular flexibility index (Phi) is 5.94. The molecule has 3 aliphatic rings. The summed E-state index contributed by atoms with van der Waals surface area (Å²) < 4.78 is 19.0. The molecular formula is C21H24BrN5O3S. The molecule has 8 nitrogen and oxygen atoms in total. The number of ether oxygens (including phenoxy) is 1. The van der Waals surface area contributed by atoms with Crippen LogP contribution < -0.4 is 15.1 Å². The summed E-state index contributed by atoms with van der Waals surface area (Å²) >= 11 is 3.43. The van der Waals surface area contributed by atoms with Crippen molar-refractivity contribution >= 4 is 50.1 Å². The molecule has 4 heterocycles. The molecule has 2 saturated heterocycles. The first-order valence-corrected chi connectivity index (χ1v) is 12.6. The van der Waals surface area contributed by atoms with E-state index in [2.05, 4.69) is 21.2 Å². The number of aromatic nitrogens is 2. The number of carbonyl (C=O) groups is 1. The summed E-state index contributed by atoms with van der Waals surface area (Å²) in [5.41, 5.74) is 1.72. The zero-order valence-corrected chi connectivity index (χ0v) is 19.5. The molecule has 2 fully saturated rings. The van der Waals surface area contributed by atoms with Crippen molar-refractivity contribution in [3.63, 3.8) is 0 Å². The number of fused-ring (bicyclic) bond motifs is 1. The van der Waals surface area contributed by atoms with Gasteiger partial charge in [-0.05, 0) is 37.1 Å². The van der Waals surface area contributed by atoms with E-state index < -0.39 is 10.8 Å². The average Bonchev–Trinajstić information content (AvgIpc) is 3.16. The molecule has 2 aromatic rings. The minimum Gasteiger partial charge on any atom is -0.381 e. The molecule has 10 heteroatoms. The third kappa shape index (κ3) is 4.33. The second-order valence-corrected chi connectivity index (χ2v) is 10.3. The predicted octanol–water partition coefficient (Wildman–Crippen LogP) is 2.35. The van der Waals surface area contributed by atoms with Gasteiger partial charge < -0.3 is 19.9 Å². The monoisotopic (exact) mass is 505 g/mol. The molecule has 1 N–H and O–H groups in total. The van der Waals surface area contributed by atoms with Gasteiger partial charge in [-0.1, -0.05) is 15.9 Å². The molecule has 0 spiro atoms. The summed E-state index contributed by atoms with van der Waals surface area (Å²) in [4.78, 5) is 26.8. The van der Waals surface area contributed by atoms with Gasteiger partial charge in [0.15, 0.2) is 0 Å². The van der Waals surface area contributed by atoms with E-state index >= 15 is 0 Å². The topological polar surface area (TPSA) is 87.7 Å². The van der Waals surface area contributed by atoms with Gasteiger partial charge in [0.2, 0.25) is 11.9 Å². The van der Waals surface area contributed by atoms with Gasteiger partial charge in [-0.15, -0.1) is 0 Å². The summed E-state index contributed by atoms with van der Waals surface area (Å²) in [6.07, 6.45) is 2.46. The first-order chi connectivity index (χ1) is 15.1. The Morgan fingerprint density at radius 1 is 1.13 bits per heavy atom. The lowest BCUT2D eigenvalue weighted by Crippen LogP contribution is -2.51. The highest BCUT2D eigenvalue weighted by Crippen LogP contribution is 2.31. The van der Waals surface area contributed by atoms with Crippen LogP contribution in [0.2, 0.25) is 0 Å². The second kappa shape index (κ2) is 8.84. The maximum absolute atomic E-state index is 12.9. The molecule has 0 bridgehead atoms. The van der Waals surface area contributed by atoms with Gasteiger partial charge in [-0.3, -0.25) is 9.00 Å². The number of hydrogen-bond acceptors (Lipinski definition) is 7. The lowest BCUT2D eigenvalue weighted by Gasteiger charge is -2.34. The molecular weight excluding hydrogens is 482 g/mol. The Morgan fingerprint density at radius 3 is 2.65 bits per heavy atom. The zero-order chi connectivity index (χ0) is 21.4. The maximum atomic E-state index is 12.9. The van der Waals surface area contributed by atoms with E-state index in [1.807, 2.05) is 29.2 Å². The third-order valence-corrected chi connectivity index (χ3v) is 7.87. The van der Waals surface area contributed by atoms with Crippen LogP contribution in [-0.4, -0.2) is 64.7 Å². The first-order valence-electron chi connectivity index (χ1n) is 10.5. The molecule has 1 unspecified atom stereocenters. The van der Waals surface area contributed by atoms with E-state index in [4.69, 9.17) is 14.7 Å². The van der Waals surface area contributed by atoms with Crippen molar-refractivity contribution in [1.29, 1.82) is 0 Å². The third-order valence-electron chi connectivity index (χ3n) is 5.88. The molecule has 31 heavy (non-hydrogen) atoms. The van der Waals surface area contributed by atoms with Gasteiger partial charge in [-0.2, -0.15) is 4.98 Å². The fraction of sp³-hybridized carbons (Fsp3) is 0.476. The molecule has 1 aromatic heterocycles. The molecule has 0 radical (unpaired) electrons. The van der Waals surface area contributed by atoms with E-state index in [9.17, 15) is 9.00 Å². The smallest absolute Gasteiger partial charge is 0.246 e. The van der Waals surface area contributed by atoms with Crippen LogP contribution >= 0.6 is 15.9 Å². The lowest BCUT2D eigenvalue weighted by atomic mass is 10.1. The van der Waals surface area contributed by atoms with Gasteiger partial charge in [0.05, 0.1) is 16.5 Å². The molecule has 0 saturated carbocycles. The normalized spacial score (nSPS) is 22.0. The van der Waals surface area contributed by atoms with Gasteiger partial charge >= 0.3 is 0 Å². The van der Waals surface area contributed by atoms with Crippen molar-refractivity contribution in [3.8, 4) is 0 Å². The molecule has 3 aliphatic heterocycles. The first kappa shape index (κ1) is 20.8. The Morgan fingerprint density at radius 2 is 1.90 bits per heavy atom. The van der Waals surface area contributed by atoms with Crippen molar-refractivity contribution in [1.82, 2.24) is 9.97 Å². The van der Waals surface area contributed by atoms with E-state index in [1.165, 1.54) is 0 Å². The Balaban J connectivity index is 1.38. The summed E-state index contributed by atoms with van der Waals surface area (Å²) in [6.45, 7) is 2.85. The predicted molar refractivity (Wildman–Crippen MR) is 123 cm³/mol. The van der Waals surface area contributed by atoms with E-state index in [1.54, 1.807) is 4.90 Å². The molecule has 1 aromatic carbocycles. The van der Waals surface area contributed by atoms with Crippen LogP contribution in [0.4, 0.5) is 17.5 Å². The average molecular weight is 506 g/mol. The number of rotatable bonds is 4. The lowest BCUT2D eigenvalue weighted by molar-refractivity contribution is -0.117. The number of anilines is 3. The van der Waals surface area contributed by atoms with Gasteiger partial charge in [0.25, 0.3) is 0 Å². The van der Waals surface area contributed by atoms with Crippen LogP contribution in [0.3, 0.4) is 0 Å². The summed E-state index contributed by atoms with van der Waals surface area (Å²) in [7, 11) is -1.08. The molecule has 1 amide bonds. The number of benzene rings is 1. The molecule has 164 valence electrons. The van der Waals surface area contributed by atoms with Gasteiger partial charge in [0, 0.05) is 54.7 Å². The van der Waals surface area contributed by atoms with Crippen LogP contribution in [-0.2, 0) is 26.8 Å².